The third-order valence-corrected chi connectivity index (χ3v) is 2.37. The number of hydrogen-bond donors (Lipinski definition) is 2. The molecule has 2 rings (SSSR count). The molecule has 6 heteroatoms. The van der Waals surface area contributed by atoms with Crippen LogP contribution in [0.1, 0.15) is 11.1 Å². The van der Waals surface area contributed by atoms with Gasteiger partial charge in [-0.2, -0.15) is 15.0 Å². The van der Waals surface area contributed by atoms with Gasteiger partial charge >= 0.3 is 0 Å². The smallest absolute Gasteiger partial charge is 0.229 e. The van der Waals surface area contributed by atoms with Crippen LogP contribution in [-0.4, -0.2) is 15.0 Å². The lowest BCUT2D eigenvalue weighted by Crippen LogP contribution is -2.07. The molecule has 0 radical (unpaired) electrons. The van der Waals surface area contributed by atoms with Crippen molar-refractivity contribution in [3.8, 4) is 0 Å². The Balaban J connectivity index is 2.04. The minimum Gasteiger partial charge on any atom is -0.368 e. The van der Waals surface area contributed by atoms with Crippen molar-refractivity contribution in [3.63, 3.8) is 0 Å². The van der Waals surface area contributed by atoms with Crippen LogP contribution in [0, 0.1) is 6.92 Å². The molecule has 1 aromatic heterocycles. The van der Waals surface area contributed by atoms with Gasteiger partial charge in [-0.05, 0) is 24.1 Å². The molecule has 0 spiro atoms. The van der Waals surface area contributed by atoms with Crippen molar-refractivity contribution in [2.75, 3.05) is 11.1 Å². The van der Waals surface area contributed by atoms with Crippen molar-refractivity contribution in [1.29, 1.82) is 0 Å². The number of nitrogens with two attached hydrogens (primary N) is 1. The summed E-state index contributed by atoms with van der Waals surface area (Å²) >= 11 is 5.67. The van der Waals surface area contributed by atoms with E-state index in [1.807, 2.05) is 31.2 Å². The summed E-state index contributed by atoms with van der Waals surface area (Å²) in [5, 5.41) is 3.12. The summed E-state index contributed by atoms with van der Waals surface area (Å²) in [6.07, 6.45) is 0. The number of hydrogen-bond acceptors (Lipinski definition) is 5. The first-order valence-corrected chi connectivity index (χ1v) is 5.48. The van der Waals surface area contributed by atoms with Crippen molar-refractivity contribution in [2.45, 2.75) is 13.5 Å². The quantitative estimate of drug-likeness (QED) is 0.870. The first-order chi connectivity index (χ1) is 8.13. The Morgan fingerprint density at radius 2 is 1.88 bits per heavy atom. The summed E-state index contributed by atoms with van der Waals surface area (Å²) in [4.78, 5) is 11.5. The summed E-state index contributed by atoms with van der Waals surface area (Å²) in [5.74, 6) is 0.486. The fourth-order valence-corrected chi connectivity index (χ4v) is 1.50. The van der Waals surface area contributed by atoms with Gasteiger partial charge in [0.15, 0.2) is 0 Å². The summed E-state index contributed by atoms with van der Waals surface area (Å²) < 4.78 is 0. The van der Waals surface area contributed by atoms with Gasteiger partial charge in [-0.25, -0.2) is 0 Å². The number of benzene rings is 1. The van der Waals surface area contributed by atoms with Crippen molar-refractivity contribution < 1.29 is 0 Å². The molecule has 3 N–H and O–H groups in total. The highest BCUT2D eigenvalue weighted by molar-refractivity contribution is 6.28. The molecule has 0 saturated carbocycles. The number of aromatic nitrogens is 3. The SMILES string of the molecule is Cc1ccc(CNc2nc(N)nc(Cl)n2)cc1. The first-order valence-electron chi connectivity index (χ1n) is 5.10. The molecule has 0 fully saturated rings. The van der Waals surface area contributed by atoms with E-state index in [1.165, 1.54) is 5.56 Å². The Kier molecular flexibility index (Phi) is 3.39. The first kappa shape index (κ1) is 11.6. The second kappa shape index (κ2) is 4.97. The van der Waals surface area contributed by atoms with Crippen LogP contribution in [0.3, 0.4) is 0 Å². The summed E-state index contributed by atoms with van der Waals surface area (Å²) in [7, 11) is 0. The maximum Gasteiger partial charge on any atom is 0.229 e. The van der Waals surface area contributed by atoms with Gasteiger partial charge in [0.1, 0.15) is 0 Å². The molecule has 5 nitrogen and oxygen atoms in total. The molecule has 0 aliphatic rings. The molecule has 0 bridgehead atoms. The molecule has 1 heterocycles. The molecule has 1 aromatic carbocycles. The zero-order valence-electron chi connectivity index (χ0n) is 9.31. The molecule has 17 heavy (non-hydrogen) atoms. The molecule has 2 aromatic rings. The molecule has 0 aliphatic carbocycles. The lowest BCUT2D eigenvalue weighted by atomic mass is 10.1. The van der Waals surface area contributed by atoms with E-state index in [2.05, 4.69) is 20.3 Å². The highest BCUT2D eigenvalue weighted by Gasteiger charge is 2.01. The van der Waals surface area contributed by atoms with E-state index < -0.39 is 0 Å². The lowest BCUT2D eigenvalue weighted by molar-refractivity contribution is 1.01. The lowest BCUT2D eigenvalue weighted by Gasteiger charge is -2.05. The summed E-state index contributed by atoms with van der Waals surface area (Å²) in [6.45, 7) is 2.66. The van der Waals surface area contributed by atoms with Crippen molar-refractivity contribution in [1.82, 2.24) is 15.0 Å². The topological polar surface area (TPSA) is 76.7 Å². The maximum absolute atomic E-state index is 5.67. The highest BCUT2D eigenvalue weighted by Crippen LogP contribution is 2.09. The van der Waals surface area contributed by atoms with Crippen molar-refractivity contribution in [3.05, 3.63) is 40.7 Å². The number of rotatable bonds is 3. The van der Waals surface area contributed by atoms with Crippen LogP contribution in [0.5, 0.6) is 0 Å². The molecule has 0 unspecified atom stereocenters. The molecule has 0 atom stereocenters. The van der Waals surface area contributed by atoms with Crippen LogP contribution in [-0.2, 0) is 6.54 Å². The van der Waals surface area contributed by atoms with Gasteiger partial charge < -0.3 is 11.1 Å². The number of aryl methyl sites for hydroxylation is 1. The highest BCUT2D eigenvalue weighted by atomic mass is 35.5. The van der Waals surface area contributed by atoms with Gasteiger partial charge in [0.05, 0.1) is 0 Å². The standard InChI is InChI=1S/C11H12ClN5/c1-7-2-4-8(5-3-7)6-14-11-16-9(12)15-10(13)17-11/h2-5H,6H2,1H3,(H3,13,14,15,16,17). The minimum absolute atomic E-state index is 0.0870. The Morgan fingerprint density at radius 1 is 1.18 bits per heavy atom. The van der Waals surface area contributed by atoms with E-state index >= 15 is 0 Å². The van der Waals surface area contributed by atoms with E-state index in [1.54, 1.807) is 0 Å². The van der Waals surface area contributed by atoms with Gasteiger partial charge in [0.2, 0.25) is 17.2 Å². The van der Waals surface area contributed by atoms with Crippen LogP contribution in [0.15, 0.2) is 24.3 Å². The number of nitrogens with one attached hydrogen (secondary N) is 1. The third kappa shape index (κ3) is 3.29. The number of nitrogens with zero attached hydrogens (tertiary/aromatic N) is 3. The van der Waals surface area contributed by atoms with Gasteiger partial charge in [-0.15, -0.1) is 0 Å². The van der Waals surface area contributed by atoms with E-state index in [0.717, 1.165) is 5.56 Å². The Labute approximate surface area is 104 Å². The van der Waals surface area contributed by atoms with Crippen LogP contribution in [0.4, 0.5) is 11.9 Å². The third-order valence-electron chi connectivity index (χ3n) is 2.20. The van der Waals surface area contributed by atoms with Crippen LogP contribution in [0.25, 0.3) is 0 Å². The fraction of sp³-hybridized carbons (Fsp3) is 0.182. The molecular weight excluding hydrogens is 238 g/mol. The second-order valence-electron chi connectivity index (χ2n) is 3.63. The van der Waals surface area contributed by atoms with Crippen LogP contribution in [0.2, 0.25) is 5.28 Å². The van der Waals surface area contributed by atoms with Gasteiger partial charge in [-0.3, -0.25) is 0 Å². The van der Waals surface area contributed by atoms with Crippen molar-refractivity contribution >= 4 is 23.5 Å². The number of anilines is 2. The molecule has 0 amide bonds. The van der Waals surface area contributed by atoms with Crippen LogP contribution < -0.4 is 11.1 Å². The second-order valence-corrected chi connectivity index (χ2v) is 3.96. The largest absolute Gasteiger partial charge is 0.368 e. The Bertz CT molecular complexity index is 492. The van der Waals surface area contributed by atoms with E-state index in [4.69, 9.17) is 17.3 Å². The zero-order chi connectivity index (χ0) is 12.3. The van der Waals surface area contributed by atoms with E-state index in [9.17, 15) is 0 Å². The average molecular weight is 250 g/mol. The van der Waals surface area contributed by atoms with E-state index in [0.29, 0.717) is 12.5 Å². The monoisotopic (exact) mass is 249 g/mol. The Hall–Kier alpha value is -1.88. The normalized spacial score (nSPS) is 10.2. The van der Waals surface area contributed by atoms with Crippen molar-refractivity contribution in [2.24, 2.45) is 0 Å². The van der Waals surface area contributed by atoms with Gasteiger partial charge in [0.25, 0.3) is 0 Å². The zero-order valence-corrected chi connectivity index (χ0v) is 10.1. The van der Waals surface area contributed by atoms with Crippen LogP contribution >= 0.6 is 11.6 Å². The molecular formula is C11H12ClN5. The summed E-state index contributed by atoms with van der Waals surface area (Å²) in [6, 6.07) is 8.17. The van der Waals surface area contributed by atoms with Gasteiger partial charge in [0, 0.05) is 6.54 Å². The number of halogens is 1. The Morgan fingerprint density at radius 3 is 2.53 bits per heavy atom. The predicted molar refractivity (Wildman–Crippen MR) is 67.8 cm³/mol. The number of nitrogen functional groups attached to an aromatic ring is 1. The average Bonchev–Trinajstić information content (AvgIpc) is 2.27. The maximum atomic E-state index is 5.67. The van der Waals surface area contributed by atoms with E-state index in [-0.39, 0.29) is 11.2 Å². The molecule has 0 aliphatic heterocycles. The predicted octanol–water partition coefficient (Wildman–Crippen LogP) is 2.03. The molecule has 0 saturated heterocycles. The fourth-order valence-electron chi connectivity index (χ4n) is 1.33. The van der Waals surface area contributed by atoms with Gasteiger partial charge in [-0.1, -0.05) is 29.8 Å². The molecule has 88 valence electrons. The minimum atomic E-state index is 0.0870. The summed E-state index contributed by atoms with van der Waals surface area (Å²) in [5.41, 5.74) is 7.82.